The van der Waals surface area contributed by atoms with Crippen molar-refractivity contribution in [3.8, 4) is 0 Å². The van der Waals surface area contributed by atoms with Crippen molar-refractivity contribution in [3.05, 3.63) is 35.6 Å². The molecule has 0 spiro atoms. The predicted molar refractivity (Wildman–Crippen MR) is 61.6 cm³/mol. The number of aliphatic hydroxyl groups is 1. The summed E-state index contributed by atoms with van der Waals surface area (Å²) in [5.74, 6) is -0.314. The molecule has 1 aromatic carbocycles. The minimum Gasteiger partial charge on any atom is -0.388 e. The van der Waals surface area contributed by atoms with E-state index in [1.165, 1.54) is 18.9 Å². The van der Waals surface area contributed by atoms with Gasteiger partial charge in [0.05, 0.1) is 6.10 Å². The maximum atomic E-state index is 13.4. The molecule has 0 aliphatic carbocycles. The van der Waals surface area contributed by atoms with Crippen LogP contribution in [0.2, 0.25) is 0 Å². The van der Waals surface area contributed by atoms with E-state index in [0.29, 0.717) is 18.0 Å². The van der Waals surface area contributed by atoms with E-state index < -0.39 is 6.10 Å². The SMILES string of the molecule is OC(CC1CCCCN1)c1ccccc1F. The molecule has 1 aliphatic rings. The topological polar surface area (TPSA) is 32.3 Å². The molecule has 2 unspecified atom stereocenters. The van der Waals surface area contributed by atoms with E-state index in [1.807, 2.05) is 0 Å². The second-order valence-corrected chi connectivity index (χ2v) is 4.42. The molecule has 1 aromatic rings. The Bertz CT molecular complexity index is 336. The van der Waals surface area contributed by atoms with Gasteiger partial charge in [0.1, 0.15) is 5.82 Å². The summed E-state index contributed by atoms with van der Waals surface area (Å²) in [5.41, 5.74) is 0.412. The van der Waals surface area contributed by atoms with Crippen molar-refractivity contribution >= 4 is 0 Å². The van der Waals surface area contributed by atoms with Crippen molar-refractivity contribution in [1.29, 1.82) is 0 Å². The first-order valence-corrected chi connectivity index (χ1v) is 5.93. The normalized spacial score (nSPS) is 23.0. The number of piperidine rings is 1. The van der Waals surface area contributed by atoms with E-state index in [-0.39, 0.29) is 5.82 Å². The minimum atomic E-state index is -0.697. The number of rotatable bonds is 3. The summed E-state index contributed by atoms with van der Waals surface area (Å²) in [6, 6.07) is 6.78. The lowest BCUT2D eigenvalue weighted by Gasteiger charge is -2.25. The van der Waals surface area contributed by atoms with Gasteiger partial charge in [-0.1, -0.05) is 24.6 Å². The van der Waals surface area contributed by atoms with Gasteiger partial charge in [-0.3, -0.25) is 0 Å². The van der Waals surface area contributed by atoms with Crippen LogP contribution in [0.25, 0.3) is 0 Å². The van der Waals surface area contributed by atoms with Crippen molar-refractivity contribution in [2.75, 3.05) is 6.54 Å². The minimum absolute atomic E-state index is 0.314. The maximum Gasteiger partial charge on any atom is 0.128 e. The smallest absolute Gasteiger partial charge is 0.128 e. The van der Waals surface area contributed by atoms with Crippen LogP contribution in [0.4, 0.5) is 4.39 Å². The van der Waals surface area contributed by atoms with E-state index in [0.717, 1.165) is 13.0 Å². The highest BCUT2D eigenvalue weighted by Gasteiger charge is 2.19. The van der Waals surface area contributed by atoms with E-state index in [1.54, 1.807) is 18.2 Å². The predicted octanol–water partition coefficient (Wildman–Crippen LogP) is 2.39. The lowest BCUT2D eigenvalue weighted by molar-refractivity contribution is 0.141. The third kappa shape index (κ3) is 2.80. The van der Waals surface area contributed by atoms with Gasteiger partial charge in [-0.05, 0) is 31.9 Å². The molecule has 2 atom stereocenters. The number of benzene rings is 1. The summed E-state index contributed by atoms with van der Waals surface area (Å²) < 4.78 is 13.4. The Hall–Kier alpha value is -0.930. The molecule has 0 amide bonds. The molecule has 16 heavy (non-hydrogen) atoms. The van der Waals surface area contributed by atoms with Crippen LogP contribution in [0.1, 0.15) is 37.4 Å². The first kappa shape index (κ1) is 11.6. The fourth-order valence-electron chi connectivity index (χ4n) is 2.27. The van der Waals surface area contributed by atoms with Crippen molar-refractivity contribution < 1.29 is 9.50 Å². The summed E-state index contributed by atoms with van der Waals surface area (Å²) in [6.45, 7) is 1.01. The summed E-state index contributed by atoms with van der Waals surface area (Å²) in [6.07, 6.45) is 3.37. The Morgan fingerprint density at radius 2 is 2.19 bits per heavy atom. The molecule has 3 heteroatoms. The highest BCUT2D eigenvalue weighted by Crippen LogP contribution is 2.23. The number of hydrogen-bond donors (Lipinski definition) is 2. The van der Waals surface area contributed by atoms with Gasteiger partial charge in [0.15, 0.2) is 0 Å². The Morgan fingerprint density at radius 1 is 1.38 bits per heavy atom. The third-order valence-electron chi connectivity index (χ3n) is 3.18. The van der Waals surface area contributed by atoms with Crippen LogP contribution in [-0.4, -0.2) is 17.7 Å². The molecule has 1 fully saturated rings. The van der Waals surface area contributed by atoms with Crippen LogP contribution in [0.15, 0.2) is 24.3 Å². The number of aliphatic hydroxyl groups excluding tert-OH is 1. The highest BCUT2D eigenvalue weighted by molar-refractivity contribution is 5.19. The van der Waals surface area contributed by atoms with Gasteiger partial charge in [-0.15, -0.1) is 0 Å². The molecule has 1 saturated heterocycles. The molecule has 1 heterocycles. The molecule has 2 nitrogen and oxygen atoms in total. The van der Waals surface area contributed by atoms with E-state index in [9.17, 15) is 9.50 Å². The fraction of sp³-hybridized carbons (Fsp3) is 0.538. The molecule has 2 rings (SSSR count). The van der Waals surface area contributed by atoms with Crippen LogP contribution in [0.3, 0.4) is 0 Å². The lowest BCUT2D eigenvalue weighted by atomic mass is 9.96. The molecule has 1 aliphatic heterocycles. The highest BCUT2D eigenvalue weighted by atomic mass is 19.1. The summed E-state index contributed by atoms with van der Waals surface area (Å²) >= 11 is 0. The summed E-state index contributed by atoms with van der Waals surface area (Å²) in [4.78, 5) is 0. The molecule has 88 valence electrons. The fourth-order valence-corrected chi connectivity index (χ4v) is 2.27. The van der Waals surface area contributed by atoms with Crippen molar-refractivity contribution in [3.63, 3.8) is 0 Å². The third-order valence-corrected chi connectivity index (χ3v) is 3.18. The average molecular weight is 223 g/mol. The van der Waals surface area contributed by atoms with E-state index in [4.69, 9.17) is 0 Å². The van der Waals surface area contributed by atoms with Crippen molar-refractivity contribution in [2.24, 2.45) is 0 Å². The Balaban J connectivity index is 1.96. The summed E-state index contributed by atoms with van der Waals surface area (Å²) in [5, 5.41) is 13.3. The van der Waals surface area contributed by atoms with Crippen LogP contribution in [0.5, 0.6) is 0 Å². The standard InChI is InChI=1S/C13H18FNO/c14-12-7-2-1-6-11(12)13(16)9-10-5-3-4-8-15-10/h1-2,6-7,10,13,15-16H,3-5,8-9H2. The number of halogens is 1. The van der Waals surface area contributed by atoms with E-state index in [2.05, 4.69) is 5.32 Å². The van der Waals surface area contributed by atoms with Gasteiger partial charge >= 0.3 is 0 Å². The van der Waals surface area contributed by atoms with Crippen molar-refractivity contribution in [2.45, 2.75) is 37.8 Å². The average Bonchev–Trinajstić information content (AvgIpc) is 2.31. The van der Waals surface area contributed by atoms with E-state index >= 15 is 0 Å². The maximum absolute atomic E-state index is 13.4. The van der Waals surface area contributed by atoms with Crippen LogP contribution >= 0.6 is 0 Å². The number of nitrogens with one attached hydrogen (secondary N) is 1. The zero-order valence-corrected chi connectivity index (χ0v) is 9.32. The first-order chi connectivity index (χ1) is 7.77. The molecule has 2 N–H and O–H groups in total. The monoisotopic (exact) mass is 223 g/mol. The second-order valence-electron chi connectivity index (χ2n) is 4.42. The van der Waals surface area contributed by atoms with Gasteiger partial charge in [0.2, 0.25) is 0 Å². The zero-order chi connectivity index (χ0) is 11.4. The second kappa shape index (κ2) is 5.41. The van der Waals surface area contributed by atoms with Crippen LogP contribution < -0.4 is 5.32 Å². The van der Waals surface area contributed by atoms with Gasteiger partial charge in [-0.2, -0.15) is 0 Å². The largest absolute Gasteiger partial charge is 0.388 e. The molecule has 0 radical (unpaired) electrons. The van der Waals surface area contributed by atoms with Gasteiger partial charge in [-0.25, -0.2) is 4.39 Å². The lowest BCUT2D eigenvalue weighted by Crippen LogP contribution is -2.35. The molecule has 0 bridgehead atoms. The Kier molecular flexibility index (Phi) is 3.91. The van der Waals surface area contributed by atoms with Gasteiger partial charge < -0.3 is 10.4 Å². The molecular formula is C13H18FNO. The Labute approximate surface area is 95.5 Å². The van der Waals surface area contributed by atoms with Crippen LogP contribution in [-0.2, 0) is 0 Å². The number of hydrogen-bond acceptors (Lipinski definition) is 2. The quantitative estimate of drug-likeness (QED) is 0.824. The Morgan fingerprint density at radius 3 is 2.88 bits per heavy atom. The molecular weight excluding hydrogens is 205 g/mol. The zero-order valence-electron chi connectivity index (χ0n) is 9.32. The van der Waals surface area contributed by atoms with Gasteiger partial charge in [0.25, 0.3) is 0 Å². The summed E-state index contributed by atoms with van der Waals surface area (Å²) in [7, 11) is 0. The van der Waals surface area contributed by atoms with Crippen LogP contribution in [0, 0.1) is 5.82 Å². The van der Waals surface area contributed by atoms with Crippen molar-refractivity contribution in [1.82, 2.24) is 5.32 Å². The van der Waals surface area contributed by atoms with Gasteiger partial charge in [0, 0.05) is 11.6 Å². The molecule has 0 saturated carbocycles. The first-order valence-electron chi connectivity index (χ1n) is 5.93. The molecule has 0 aromatic heterocycles.